The van der Waals surface area contributed by atoms with Crippen molar-refractivity contribution in [2.75, 3.05) is 31.8 Å². The lowest BCUT2D eigenvalue weighted by molar-refractivity contribution is -0.137. The van der Waals surface area contributed by atoms with E-state index in [2.05, 4.69) is 5.32 Å². The van der Waals surface area contributed by atoms with Gasteiger partial charge < -0.3 is 10.1 Å². The molecule has 0 aromatic heterocycles. The SMILES string of the molecule is CCCNC(CSCCOC)c1cccc(C(F)(F)F)c1. The molecule has 0 aliphatic rings. The summed E-state index contributed by atoms with van der Waals surface area (Å²) in [5.41, 5.74) is 0.0911. The topological polar surface area (TPSA) is 21.3 Å². The Balaban J connectivity index is 2.76. The third-order valence-electron chi connectivity index (χ3n) is 2.97. The molecule has 120 valence electrons. The Hall–Kier alpha value is -0.720. The zero-order chi connectivity index (χ0) is 15.7. The molecule has 0 aliphatic carbocycles. The summed E-state index contributed by atoms with van der Waals surface area (Å²) in [6.07, 6.45) is -3.35. The number of hydrogen-bond acceptors (Lipinski definition) is 3. The summed E-state index contributed by atoms with van der Waals surface area (Å²) in [5, 5.41) is 3.31. The smallest absolute Gasteiger partial charge is 0.384 e. The molecule has 0 bridgehead atoms. The molecular formula is C15H22F3NOS. The average Bonchev–Trinajstić information content (AvgIpc) is 2.46. The van der Waals surface area contributed by atoms with Crippen molar-refractivity contribution in [1.29, 1.82) is 0 Å². The van der Waals surface area contributed by atoms with Gasteiger partial charge in [0.25, 0.3) is 0 Å². The molecule has 0 aliphatic heterocycles. The number of benzene rings is 1. The van der Waals surface area contributed by atoms with Crippen molar-refractivity contribution in [2.45, 2.75) is 25.6 Å². The fourth-order valence-electron chi connectivity index (χ4n) is 1.87. The predicted molar refractivity (Wildman–Crippen MR) is 81.7 cm³/mol. The van der Waals surface area contributed by atoms with Gasteiger partial charge in [0.2, 0.25) is 0 Å². The molecule has 0 saturated carbocycles. The minimum Gasteiger partial charge on any atom is -0.384 e. The minimum absolute atomic E-state index is 0.0749. The molecule has 1 N–H and O–H groups in total. The van der Waals surface area contributed by atoms with E-state index in [0.29, 0.717) is 12.2 Å². The summed E-state index contributed by atoms with van der Waals surface area (Å²) in [4.78, 5) is 0. The highest BCUT2D eigenvalue weighted by atomic mass is 32.2. The lowest BCUT2D eigenvalue weighted by atomic mass is 10.0. The second-order valence-electron chi connectivity index (χ2n) is 4.70. The third kappa shape index (κ3) is 6.72. The van der Waals surface area contributed by atoms with Gasteiger partial charge in [0, 0.05) is 24.7 Å². The highest BCUT2D eigenvalue weighted by Crippen LogP contribution is 2.31. The number of rotatable bonds is 9. The first-order valence-electron chi connectivity index (χ1n) is 6.96. The van der Waals surface area contributed by atoms with Crippen molar-refractivity contribution in [3.63, 3.8) is 0 Å². The molecule has 0 heterocycles. The molecule has 1 aromatic rings. The summed E-state index contributed by atoms with van der Waals surface area (Å²) >= 11 is 1.68. The molecule has 1 unspecified atom stereocenters. The number of alkyl halides is 3. The van der Waals surface area contributed by atoms with Gasteiger partial charge in [0.05, 0.1) is 12.2 Å². The molecule has 1 rings (SSSR count). The summed E-state index contributed by atoms with van der Waals surface area (Å²) in [5.74, 6) is 1.56. The largest absolute Gasteiger partial charge is 0.416 e. The van der Waals surface area contributed by atoms with Crippen molar-refractivity contribution in [3.05, 3.63) is 35.4 Å². The molecule has 0 saturated heterocycles. The van der Waals surface area contributed by atoms with Gasteiger partial charge in [0.1, 0.15) is 0 Å². The summed E-state index contributed by atoms with van der Waals surface area (Å²) in [6.45, 7) is 3.47. The van der Waals surface area contributed by atoms with Crippen LogP contribution in [-0.2, 0) is 10.9 Å². The maximum atomic E-state index is 12.8. The molecule has 1 aromatic carbocycles. The van der Waals surface area contributed by atoms with Gasteiger partial charge in [-0.2, -0.15) is 24.9 Å². The Bertz CT molecular complexity index is 412. The Morgan fingerprint density at radius 3 is 2.71 bits per heavy atom. The highest BCUT2D eigenvalue weighted by molar-refractivity contribution is 7.99. The van der Waals surface area contributed by atoms with Crippen molar-refractivity contribution >= 4 is 11.8 Å². The molecule has 0 amide bonds. The lowest BCUT2D eigenvalue weighted by Crippen LogP contribution is -2.24. The Morgan fingerprint density at radius 2 is 2.10 bits per heavy atom. The van der Waals surface area contributed by atoms with E-state index in [1.54, 1.807) is 24.9 Å². The standard InChI is InChI=1S/C15H22F3NOS/c1-3-7-19-14(11-21-9-8-20-2)12-5-4-6-13(10-12)15(16,17)18/h4-6,10,14,19H,3,7-9,11H2,1-2H3. The number of methoxy groups -OCH3 is 1. The van der Waals surface area contributed by atoms with Gasteiger partial charge in [-0.1, -0.05) is 19.1 Å². The zero-order valence-electron chi connectivity index (χ0n) is 12.4. The van der Waals surface area contributed by atoms with Gasteiger partial charge in [-0.3, -0.25) is 0 Å². The number of ether oxygens (including phenoxy) is 1. The Kier molecular flexibility index (Phi) is 8.14. The van der Waals surface area contributed by atoms with E-state index in [1.165, 1.54) is 12.1 Å². The van der Waals surface area contributed by atoms with Gasteiger partial charge >= 0.3 is 6.18 Å². The van der Waals surface area contributed by atoms with Crippen molar-refractivity contribution in [3.8, 4) is 0 Å². The van der Waals surface area contributed by atoms with E-state index in [9.17, 15) is 13.2 Å². The first-order chi connectivity index (χ1) is 9.99. The van der Waals surface area contributed by atoms with Gasteiger partial charge in [-0.15, -0.1) is 0 Å². The molecule has 21 heavy (non-hydrogen) atoms. The van der Waals surface area contributed by atoms with Crippen molar-refractivity contribution < 1.29 is 17.9 Å². The van der Waals surface area contributed by atoms with Crippen LogP contribution in [0.2, 0.25) is 0 Å². The van der Waals surface area contributed by atoms with Crippen LogP contribution >= 0.6 is 11.8 Å². The van der Waals surface area contributed by atoms with Crippen LogP contribution in [-0.4, -0.2) is 31.8 Å². The van der Waals surface area contributed by atoms with E-state index >= 15 is 0 Å². The first-order valence-corrected chi connectivity index (χ1v) is 8.11. The van der Waals surface area contributed by atoms with Crippen LogP contribution in [0.3, 0.4) is 0 Å². The maximum Gasteiger partial charge on any atom is 0.416 e. The van der Waals surface area contributed by atoms with Crippen molar-refractivity contribution in [1.82, 2.24) is 5.32 Å². The van der Waals surface area contributed by atoms with Crippen LogP contribution in [0.15, 0.2) is 24.3 Å². The quantitative estimate of drug-likeness (QED) is 0.691. The van der Waals surface area contributed by atoms with E-state index in [0.717, 1.165) is 30.5 Å². The first kappa shape index (κ1) is 18.3. The monoisotopic (exact) mass is 321 g/mol. The van der Waals surface area contributed by atoms with E-state index in [1.807, 2.05) is 6.92 Å². The van der Waals surface area contributed by atoms with Gasteiger partial charge in [0.15, 0.2) is 0 Å². The minimum atomic E-state index is -4.30. The molecular weight excluding hydrogens is 299 g/mol. The van der Waals surface area contributed by atoms with E-state index in [-0.39, 0.29) is 6.04 Å². The van der Waals surface area contributed by atoms with Crippen LogP contribution in [0.25, 0.3) is 0 Å². The highest BCUT2D eigenvalue weighted by Gasteiger charge is 2.30. The zero-order valence-corrected chi connectivity index (χ0v) is 13.2. The van der Waals surface area contributed by atoms with Gasteiger partial charge in [-0.05, 0) is 30.7 Å². The maximum absolute atomic E-state index is 12.8. The fourth-order valence-corrected chi connectivity index (χ4v) is 2.86. The Labute approximate surface area is 128 Å². The Morgan fingerprint density at radius 1 is 1.33 bits per heavy atom. The molecule has 0 spiro atoms. The van der Waals surface area contributed by atoms with Gasteiger partial charge in [-0.25, -0.2) is 0 Å². The summed E-state index contributed by atoms with van der Waals surface area (Å²) in [6, 6.07) is 5.50. The summed E-state index contributed by atoms with van der Waals surface area (Å²) in [7, 11) is 1.64. The molecule has 2 nitrogen and oxygen atoms in total. The average molecular weight is 321 g/mol. The second kappa shape index (κ2) is 9.33. The normalized spacial score (nSPS) is 13.4. The van der Waals surface area contributed by atoms with Crippen LogP contribution in [0.4, 0.5) is 13.2 Å². The van der Waals surface area contributed by atoms with E-state index in [4.69, 9.17) is 4.74 Å². The third-order valence-corrected chi connectivity index (χ3v) is 4.00. The number of thioether (sulfide) groups is 1. The summed E-state index contributed by atoms with van der Waals surface area (Å²) < 4.78 is 43.4. The molecule has 0 radical (unpaired) electrons. The molecule has 0 fully saturated rings. The van der Waals surface area contributed by atoms with Crippen LogP contribution in [0.1, 0.15) is 30.5 Å². The number of hydrogen-bond donors (Lipinski definition) is 1. The second-order valence-corrected chi connectivity index (χ2v) is 5.85. The predicted octanol–water partition coefficient (Wildman–Crippen LogP) is 4.13. The number of nitrogens with one attached hydrogen (secondary N) is 1. The van der Waals surface area contributed by atoms with Crippen LogP contribution in [0, 0.1) is 0 Å². The van der Waals surface area contributed by atoms with Crippen LogP contribution < -0.4 is 5.32 Å². The van der Waals surface area contributed by atoms with Crippen LogP contribution in [0.5, 0.6) is 0 Å². The lowest BCUT2D eigenvalue weighted by Gasteiger charge is -2.20. The molecule has 6 heteroatoms. The van der Waals surface area contributed by atoms with E-state index < -0.39 is 11.7 Å². The van der Waals surface area contributed by atoms with Crippen molar-refractivity contribution in [2.24, 2.45) is 0 Å². The number of halogens is 3. The fraction of sp³-hybridized carbons (Fsp3) is 0.600. The molecule has 1 atom stereocenters.